The molecule has 0 aromatic heterocycles. The van der Waals surface area contributed by atoms with E-state index in [0.717, 1.165) is 32.4 Å². The lowest BCUT2D eigenvalue weighted by Gasteiger charge is -2.30. The molecule has 1 atom stereocenters. The van der Waals surface area contributed by atoms with Crippen molar-refractivity contribution in [2.24, 2.45) is 11.8 Å². The third-order valence-electron chi connectivity index (χ3n) is 5.14. The van der Waals surface area contributed by atoms with Crippen molar-refractivity contribution in [3.8, 4) is 0 Å². The molecule has 0 bridgehead atoms. The molecule has 2 aliphatic heterocycles. The van der Waals surface area contributed by atoms with Gasteiger partial charge in [-0.2, -0.15) is 0 Å². The van der Waals surface area contributed by atoms with Gasteiger partial charge in [0.2, 0.25) is 5.91 Å². The van der Waals surface area contributed by atoms with E-state index in [0.29, 0.717) is 25.6 Å². The van der Waals surface area contributed by atoms with Crippen molar-refractivity contribution in [1.29, 1.82) is 0 Å². The Labute approximate surface area is 143 Å². The van der Waals surface area contributed by atoms with Crippen LogP contribution in [0.25, 0.3) is 0 Å². The summed E-state index contributed by atoms with van der Waals surface area (Å²) in [6, 6.07) is 10.4. The molecule has 1 amide bonds. The fraction of sp³-hybridized carbons (Fsp3) is 0.579. The van der Waals surface area contributed by atoms with Crippen molar-refractivity contribution in [2.75, 3.05) is 37.7 Å². The molecule has 2 aliphatic rings. The number of hydrogen-bond donors (Lipinski definition) is 0. The van der Waals surface area contributed by atoms with Crippen molar-refractivity contribution in [3.05, 3.63) is 30.3 Å². The zero-order chi connectivity index (χ0) is 16.9. The molecule has 1 aromatic rings. The molecule has 0 saturated carbocycles. The highest BCUT2D eigenvalue weighted by molar-refractivity contribution is 5.75. The molecule has 5 heteroatoms. The number of likely N-dealkylation sites (tertiary alicyclic amines) is 1. The number of benzene rings is 1. The molecular formula is C19H26N2O3. The predicted molar refractivity (Wildman–Crippen MR) is 92.7 cm³/mol. The lowest BCUT2D eigenvalue weighted by molar-refractivity contribution is -0.152. The lowest BCUT2D eigenvalue weighted by Crippen LogP contribution is -2.39. The zero-order valence-electron chi connectivity index (χ0n) is 14.3. The normalized spacial score (nSPS) is 21.8. The fourth-order valence-corrected chi connectivity index (χ4v) is 3.59. The maximum atomic E-state index is 12.2. The van der Waals surface area contributed by atoms with E-state index in [-0.39, 0.29) is 17.8 Å². The van der Waals surface area contributed by atoms with Gasteiger partial charge in [0.25, 0.3) is 0 Å². The Hall–Kier alpha value is -2.04. The van der Waals surface area contributed by atoms with Gasteiger partial charge in [0, 0.05) is 44.7 Å². The molecule has 5 nitrogen and oxygen atoms in total. The standard InChI is InChI=1S/C19H26N2O3/c1-15(22)20-11-8-17(9-12-20)19(23)24-14-16-7-10-21(13-16)18-5-3-2-4-6-18/h2-6,16-17H,7-14H2,1H3/t16-/m0/s1. The van der Waals surface area contributed by atoms with Crippen LogP contribution in [0.3, 0.4) is 0 Å². The third-order valence-corrected chi connectivity index (χ3v) is 5.14. The van der Waals surface area contributed by atoms with Crippen LogP contribution in [-0.2, 0) is 14.3 Å². The van der Waals surface area contributed by atoms with Gasteiger partial charge in [-0.05, 0) is 31.4 Å². The molecule has 2 heterocycles. The van der Waals surface area contributed by atoms with E-state index in [1.165, 1.54) is 5.69 Å². The van der Waals surface area contributed by atoms with Gasteiger partial charge in [-0.25, -0.2) is 0 Å². The number of piperidine rings is 1. The van der Waals surface area contributed by atoms with E-state index in [2.05, 4.69) is 29.2 Å². The second-order valence-corrected chi connectivity index (χ2v) is 6.85. The van der Waals surface area contributed by atoms with E-state index in [4.69, 9.17) is 4.74 Å². The molecule has 1 aromatic carbocycles. The summed E-state index contributed by atoms with van der Waals surface area (Å²) in [7, 11) is 0. The first-order valence-electron chi connectivity index (χ1n) is 8.85. The van der Waals surface area contributed by atoms with Gasteiger partial charge in [0.1, 0.15) is 0 Å². The van der Waals surface area contributed by atoms with Crippen molar-refractivity contribution < 1.29 is 14.3 Å². The summed E-state index contributed by atoms with van der Waals surface area (Å²) < 4.78 is 5.58. The minimum atomic E-state index is -0.0867. The van der Waals surface area contributed by atoms with Crippen LogP contribution in [0.2, 0.25) is 0 Å². The molecule has 0 radical (unpaired) electrons. The highest BCUT2D eigenvalue weighted by atomic mass is 16.5. The summed E-state index contributed by atoms with van der Waals surface area (Å²) >= 11 is 0. The summed E-state index contributed by atoms with van der Waals surface area (Å²) in [5.74, 6) is 0.365. The minimum absolute atomic E-state index is 0.0489. The third kappa shape index (κ3) is 4.08. The van der Waals surface area contributed by atoms with Gasteiger partial charge in [0.05, 0.1) is 12.5 Å². The summed E-state index contributed by atoms with van der Waals surface area (Å²) in [6.45, 7) is 5.39. The summed E-state index contributed by atoms with van der Waals surface area (Å²) in [6.07, 6.45) is 2.50. The number of carbonyl (C=O) groups excluding carboxylic acids is 2. The Morgan fingerprint density at radius 3 is 2.46 bits per heavy atom. The van der Waals surface area contributed by atoms with E-state index >= 15 is 0 Å². The number of carbonyl (C=O) groups is 2. The van der Waals surface area contributed by atoms with Crippen LogP contribution in [0.15, 0.2) is 30.3 Å². The van der Waals surface area contributed by atoms with Crippen LogP contribution < -0.4 is 4.90 Å². The van der Waals surface area contributed by atoms with E-state index in [1.54, 1.807) is 11.8 Å². The molecule has 2 fully saturated rings. The second kappa shape index (κ2) is 7.69. The summed E-state index contributed by atoms with van der Waals surface area (Å²) in [4.78, 5) is 27.7. The van der Waals surface area contributed by atoms with Crippen molar-refractivity contribution in [3.63, 3.8) is 0 Å². The van der Waals surface area contributed by atoms with Gasteiger partial charge < -0.3 is 14.5 Å². The Morgan fingerprint density at radius 1 is 1.08 bits per heavy atom. The van der Waals surface area contributed by atoms with Gasteiger partial charge in [-0.1, -0.05) is 18.2 Å². The summed E-state index contributed by atoms with van der Waals surface area (Å²) in [5, 5.41) is 0. The highest BCUT2D eigenvalue weighted by Crippen LogP contribution is 2.24. The van der Waals surface area contributed by atoms with Crippen LogP contribution in [0.4, 0.5) is 5.69 Å². The molecule has 0 N–H and O–H groups in total. The number of rotatable bonds is 4. The zero-order valence-corrected chi connectivity index (χ0v) is 14.3. The predicted octanol–water partition coefficient (Wildman–Crippen LogP) is 2.31. The van der Waals surface area contributed by atoms with Crippen LogP contribution >= 0.6 is 0 Å². The first-order chi connectivity index (χ1) is 11.6. The van der Waals surface area contributed by atoms with Crippen molar-refractivity contribution >= 4 is 17.6 Å². The Morgan fingerprint density at radius 2 is 1.79 bits per heavy atom. The van der Waals surface area contributed by atoms with E-state index < -0.39 is 0 Å². The maximum Gasteiger partial charge on any atom is 0.309 e. The molecule has 3 rings (SSSR count). The van der Waals surface area contributed by atoms with Gasteiger partial charge >= 0.3 is 5.97 Å². The smallest absolute Gasteiger partial charge is 0.309 e. The van der Waals surface area contributed by atoms with Gasteiger partial charge in [0.15, 0.2) is 0 Å². The molecule has 130 valence electrons. The first kappa shape index (κ1) is 16.8. The number of ether oxygens (including phenoxy) is 1. The molecule has 24 heavy (non-hydrogen) atoms. The largest absolute Gasteiger partial charge is 0.465 e. The van der Waals surface area contributed by atoms with Gasteiger partial charge in [-0.3, -0.25) is 9.59 Å². The van der Waals surface area contributed by atoms with Crippen LogP contribution in [-0.4, -0.2) is 49.6 Å². The monoisotopic (exact) mass is 330 g/mol. The molecule has 0 spiro atoms. The number of amides is 1. The topological polar surface area (TPSA) is 49.9 Å². The molecule has 2 saturated heterocycles. The second-order valence-electron chi connectivity index (χ2n) is 6.85. The van der Waals surface area contributed by atoms with Crippen LogP contribution in [0.5, 0.6) is 0 Å². The van der Waals surface area contributed by atoms with Crippen LogP contribution in [0, 0.1) is 11.8 Å². The Balaban J connectivity index is 1.40. The van der Waals surface area contributed by atoms with E-state index in [1.807, 2.05) is 6.07 Å². The van der Waals surface area contributed by atoms with Crippen LogP contribution in [0.1, 0.15) is 26.2 Å². The number of para-hydroxylation sites is 1. The summed E-state index contributed by atoms with van der Waals surface area (Å²) in [5.41, 5.74) is 1.24. The quantitative estimate of drug-likeness (QED) is 0.795. The minimum Gasteiger partial charge on any atom is -0.465 e. The fourth-order valence-electron chi connectivity index (χ4n) is 3.59. The highest BCUT2D eigenvalue weighted by Gasteiger charge is 2.29. The molecule has 0 unspecified atom stereocenters. The first-order valence-corrected chi connectivity index (χ1v) is 8.85. The SMILES string of the molecule is CC(=O)N1CCC(C(=O)OC[C@H]2CCN(c3ccccc3)C2)CC1. The average molecular weight is 330 g/mol. The molecular weight excluding hydrogens is 304 g/mol. The number of esters is 1. The number of nitrogens with zero attached hydrogens (tertiary/aromatic N) is 2. The van der Waals surface area contributed by atoms with Crippen molar-refractivity contribution in [2.45, 2.75) is 26.2 Å². The number of anilines is 1. The number of hydrogen-bond acceptors (Lipinski definition) is 4. The maximum absolute atomic E-state index is 12.2. The lowest BCUT2D eigenvalue weighted by atomic mass is 9.97. The average Bonchev–Trinajstić information content (AvgIpc) is 3.09. The van der Waals surface area contributed by atoms with E-state index in [9.17, 15) is 9.59 Å². The molecule has 0 aliphatic carbocycles. The Kier molecular flexibility index (Phi) is 5.38. The van der Waals surface area contributed by atoms with Crippen molar-refractivity contribution in [1.82, 2.24) is 4.90 Å². The Bertz CT molecular complexity index is 567. The van der Waals surface area contributed by atoms with Gasteiger partial charge in [-0.15, -0.1) is 0 Å².